The largest absolute Gasteiger partial charge is 0.389 e. The van der Waals surface area contributed by atoms with Crippen LogP contribution in [0.4, 0.5) is 5.69 Å². The van der Waals surface area contributed by atoms with Crippen LogP contribution in [0.15, 0.2) is 22.7 Å². The van der Waals surface area contributed by atoms with E-state index in [4.69, 9.17) is 22.7 Å². The van der Waals surface area contributed by atoms with E-state index in [1.54, 1.807) is 18.2 Å². The first-order valence-electron chi connectivity index (χ1n) is 4.94. The second kappa shape index (κ2) is 6.46. The topological polar surface area (TPSA) is 81.4 Å². The number of halogens is 1. The van der Waals surface area contributed by atoms with E-state index < -0.39 is 10.0 Å². The van der Waals surface area contributed by atoms with E-state index in [9.17, 15) is 8.42 Å². The highest BCUT2D eigenvalue weighted by molar-refractivity contribution is 9.10. The van der Waals surface area contributed by atoms with Crippen molar-refractivity contribution < 1.29 is 13.2 Å². The molecule has 0 bridgehead atoms. The van der Waals surface area contributed by atoms with Gasteiger partial charge in [0.25, 0.3) is 0 Å². The molecule has 0 atom stereocenters. The summed E-state index contributed by atoms with van der Waals surface area (Å²) in [4.78, 5) is 0.131. The third kappa shape index (κ3) is 4.52. The Bertz CT molecular complexity index is 546. The van der Waals surface area contributed by atoms with Gasteiger partial charge in [0.1, 0.15) is 4.99 Å². The minimum Gasteiger partial charge on any atom is -0.389 e. The van der Waals surface area contributed by atoms with Crippen LogP contribution in [0.1, 0.15) is 5.56 Å². The molecule has 0 heterocycles. The molecule has 100 valence electrons. The van der Waals surface area contributed by atoms with Gasteiger partial charge in [0, 0.05) is 17.1 Å². The zero-order valence-electron chi connectivity index (χ0n) is 9.64. The maximum Gasteiger partial charge on any atom is 0.235 e. The summed E-state index contributed by atoms with van der Waals surface area (Å²) in [6, 6.07) is 5.00. The Kier molecular flexibility index (Phi) is 5.51. The van der Waals surface area contributed by atoms with E-state index in [-0.39, 0.29) is 17.3 Å². The van der Waals surface area contributed by atoms with Crippen LogP contribution in [0.3, 0.4) is 0 Å². The van der Waals surface area contributed by atoms with Crippen LogP contribution in [-0.2, 0) is 14.8 Å². The minimum atomic E-state index is -3.48. The van der Waals surface area contributed by atoms with Gasteiger partial charge in [-0.15, -0.1) is 0 Å². The highest BCUT2D eigenvalue weighted by Crippen LogP contribution is 2.22. The van der Waals surface area contributed by atoms with Gasteiger partial charge in [0.15, 0.2) is 0 Å². The maximum atomic E-state index is 11.8. The number of methoxy groups -OCH3 is 1. The normalized spacial score (nSPS) is 11.2. The number of ether oxygens (including phenoxy) is 1. The molecule has 3 N–H and O–H groups in total. The summed E-state index contributed by atoms with van der Waals surface area (Å²) in [6.45, 7) is 0.117. The number of nitrogens with one attached hydrogen (secondary N) is 1. The van der Waals surface area contributed by atoms with Crippen molar-refractivity contribution in [3.63, 3.8) is 0 Å². The molecule has 1 aromatic carbocycles. The molecular formula is C10H13BrN2O3S2. The Hall–Kier alpha value is -0.700. The van der Waals surface area contributed by atoms with E-state index in [1.165, 1.54) is 7.11 Å². The predicted octanol–water partition coefficient (Wildman–Crippen LogP) is 1.47. The van der Waals surface area contributed by atoms with Gasteiger partial charge >= 0.3 is 0 Å². The lowest BCUT2D eigenvalue weighted by Gasteiger charge is -2.12. The molecular weight excluding hydrogens is 340 g/mol. The molecule has 1 rings (SSSR count). The molecule has 0 aromatic heterocycles. The van der Waals surface area contributed by atoms with E-state index >= 15 is 0 Å². The second-order valence-electron chi connectivity index (χ2n) is 3.47. The van der Waals surface area contributed by atoms with Crippen molar-refractivity contribution in [2.45, 2.75) is 0 Å². The average molecular weight is 353 g/mol. The summed E-state index contributed by atoms with van der Waals surface area (Å²) in [5.74, 6) is -0.132. The van der Waals surface area contributed by atoms with Crippen molar-refractivity contribution in [3.8, 4) is 0 Å². The van der Waals surface area contributed by atoms with Crippen molar-refractivity contribution in [3.05, 3.63) is 28.2 Å². The van der Waals surface area contributed by atoms with Gasteiger partial charge in [-0.2, -0.15) is 0 Å². The minimum absolute atomic E-state index is 0.117. The first-order chi connectivity index (χ1) is 8.35. The van der Waals surface area contributed by atoms with Crippen LogP contribution in [0.5, 0.6) is 0 Å². The number of hydrogen-bond acceptors (Lipinski definition) is 4. The molecule has 1 aromatic rings. The molecule has 0 radical (unpaired) electrons. The van der Waals surface area contributed by atoms with Crippen molar-refractivity contribution in [2.75, 3.05) is 24.2 Å². The Morgan fingerprint density at radius 2 is 2.22 bits per heavy atom. The highest BCUT2D eigenvalue weighted by atomic mass is 79.9. The van der Waals surface area contributed by atoms with Gasteiger partial charge < -0.3 is 10.5 Å². The van der Waals surface area contributed by atoms with Crippen LogP contribution in [0, 0.1) is 0 Å². The fourth-order valence-corrected chi connectivity index (χ4v) is 2.76. The number of benzene rings is 1. The number of thiocarbonyl (C=S) groups is 1. The third-order valence-corrected chi connectivity index (χ3v) is 4.02. The van der Waals surface area contributed by atoms with Gasteiger partial charge in [0.05, 0.1) is 18.0 Å². The smallest absolute Gasteiger partial charge is 0.235 e. The second-order valence-corrected chi connectivity index (χ2v) is 6.67. The lowest BCUT2D eigenvalue weighted by molar-refractivity contribution is 0.217. The fraction of sp³-hybridized carbons (Fsp3) is 0.300. The van der Waals surface area contributed by atoms with Crippen molar-refractivity contribution in [2.24, 2.45) is 5.73 Å². The van der Waals surface area contributed by atoms with E-state index in [2.05, 4.69) is 20.7 Å². The molecule has 0 saturated heterocycles. The molecule has 18 heavy (non-hydrogen) atoms. The van der Waals surface area contributed by atoms with Crippen molar-refractivity contribution in [1.82, 2.24) is 0 Å². The van der Waals surface area contributed by atoms with E-state index in [0.29, 0.717) is 11.3 Å². The maximum absolute atomic E-state index is 11.8. The number of nitrogens with two attached hydrogens (primary N) is 1. The molecule has 0 saturated carbocycles. The Morgan fingerprint density at radius 1 is 1.56 bits per heavy atom. The zero-order chi connectivity index (χ0) is 13.8. The number of sulfonamides is 1. The molecule has 0 amide bonds. The predicted molar refractivity (Wildman–Crippen MR) is 79.3 cm³/mol. The first-order valence-corrected chi connectivity index (χ1v) is 7.80. The Balaban J connectivity index is 3.02. The first kappa shape index (κ1) is 15.4. The summed E-state index contributed by atoms with van der Waals surface area (Å²) in [6.07, 6.45) is 0. The zero-order valence-corrected chi connectivity index (χ0v) is 12.9. The van der Waals surface area contributed by atoms with Crippen molar-refractivity contribution in [1.29, 1.82) is 0 Å². The van der Waals surface area contributed by atoms with Crippen LogP contribution in [0.25, 0.3) is 0 Å². The highest BCUT2D eigenvalue weighted by Gasteiger charge is 2.14. The molecule has 8 heteroatoms. The molecule has 0 fully saturated rings. The lowest BCUT2D eigenvalue weighted by Crippen LogP contribution is -2.22. The number of hydrogen-bond donors (Lipinski definition) is 2. The molecule has 0 spiro atoms. The van der Waals surface area contributed by atoms with Gasteiger partial charge in [0.2, 0.25) is 10.0 Å². The summed E-state index contributed by atoms with van der Waals surface area (Å²) in [5.41, 5.74) is 6.38. The van der Waals surface area contributed by atoms with Gasteiger partial charge in [-0.3, -0.25) is 4.72 Å². The standard InChI is InChI=1S/C10H13BrN2O3S2/c1-16-4-5-18(14,15)13-9-6-7(11)2-3-8(9)10(12)17/h2-3,6,13H,4-5H2,1H3,(H2,12,17). The lowest BCUT2D eigenvalue weighted by atomic mass is 10.2. The van der Waals surface area contributed by atoms with Crippen LogP contribution in [-0.4, -0.2) is 32.9 Å². The average Bonchev–Trinajstić information content (AvgIpc) is 2.25. The molecule has 0 aliphatic rings. The number of anilines is 1. The van der Waals surface area contributed by atoms with E-state index in [0.717, 1.165) is 4.47 Å². The van der Waals surface area contributed by atoms with Crippen LogP contribution < -0.4 is 10.5 Å². The quantitative estimate of drug-likeness (QED) is 0.757. The number of rotatable bonds is 6. The summed E-state index contributed by atoms with van der Waals surface area (Å²) >= 11 is 8.13. The van der Waals surface area contributed by atoms with Gasteiger partial charge in [-0.1, -0.05) is 28.1 Å². The van der Waals surface area contributed by atoms with Crippen molar-refractivity contribution >= 4 is 48.8 Å². The van der Waals surface area contributed by atoms with Crippen LogP contribution >= 0.6 is 28.1 Å². The Morgan fingerprint density at radius 3 is 2.78 bits per heavy atom. The van der Waals surface area contributed by atoms with Gasteiger partial charge in [-0.25, -0.2) is 8.42 Å². The van der Waals surface area contributed by atoms with Gasteiger partial charge in [-0.05, 0) is 18.2 Å². The molecule has 0 unspecified atom stereocenters. The molecule has 5 nitrogen and oxygen atoms in total. The summed E-state index contributed by atoms with van der Waals surface area (Å²) in [5, 5.41) is 0. The Labute approximate surface area is 120 Å². The molecule has 0 aliphatic carbocycles. The SMILES string of the molecule is COCCS(=O)(=O)Nc1cc(Br)ccc1C(N)=S. The van der Waals surface area contributed by atoms with Crippen LogP contribution in [0.2, 0.25) is 0 Å². The monoisotopic (exact) mass is 352 g/mol. The summed E-state index contributed by atoms with van der Waals surface area (Å²) in [7, 11) is -2.04. The van der Waals surface area contributed by atoms with E-state index in [1.807, 2.05) is 0 Å². The summed E-state index contributed by atoms with van der Waals surface area (Å²) < 4.78 is 31.4. The fourth-order valence-electron chi connectivity index (χ4n) is 1.23. The molecule has 0 aliphatic heterocycles. The third-order valence-electron chi connectivity index (χ3n) is 2.07.